The van der Waals surface area contributed by atoms with Crippen molar-refractivity contribution in [2.24, 2.45) is 0 Å². The lowest BCUT2D eigenvalue weighted by atomic mass is 9.89. The van der Waals surface area contributed by atoms with Gasteiger partial charge in [0.25, 0.3) is 0 Å². The van der Waals surface area contributed by atoms with Crippen LogP contribution in [0.3, 0.4) is 0 Å². The molecule has 108 valence electrons. The van der Waals surface area contributed by atoms with Gasteiger partial charge in [-0.25, -0.2) is 0 Å². The van der Waals surface area contributed by atoms with Crippen LogP contribution in [0.25, 0.3) is 0 Å². The van der Waals surface area contributed by atoms with Crippen molar-refractivity contribution in [3.05, 3.63) is 22.4 Å². The number of carbonyl (C=O) groups is 1. The van der Waals surface area contributed by atoms with E-state index in [-0.39, 0.29) is 24.4 Å². The number of nitrogens with one attached hydrogen (secondary N) is 2. The minimum absolute atomic E-state index is 0. The lowest BCUT2D eigenvalue weighted by Crippen LogP contribution is -2.55. The van der Waals surface area contributed by atoms with E-state index in [4.69, 9.17) is 0 Å². The third-order valence-corrected chi connectivity index (χ3v) is 4.98. The first-order chi connectivity index (χ1) is 8.51. The van der Waals surface area contributed by atoms with Crippen LogP contribution in [0.1, 0.15) is 38.5 Å². The zero-order valence-electron chi connectivity index (χ0n) is 11.7. The Labute approximate surface area is 125 Å². The fraction of sp³-hybridized carbons (Fsp3) is 0.643. The van der Waals surface area contributed by atoms with Crippen molar-refractivity contribution < 1.29 is 4.79 Å². The first-order valence-electron chi connectivity index (χ1n) is 6.60. The Kier molecular flexibility index (Phi) is 5.83. The molecule has 2 unspecified atom stereocenters. The van der Waals surface area contributed by atoms with Crippen LogP contribution in [0.15, 0.2) is 17.5 Å². The summed E-state index contributed by atoms with van der Waals surface area (Å²) in [5.41, 5.74) is -0.439. The largest absolute Gasteiger partial charge is 0.351 e. The van der Waals surface area contributed by atoms with Crippen LogP contribution >= 0.6 is 23.7 Å². The quantitative estimate of drug-likeness (QED) is 0.901. The minimum atomic E-state index is -0.439. The summed E-state index contributed by atoms with van der Waals surface area (Å²) in [7, 11) is 0. The van der Waals surface area contributed by atoms with Crippen molar-refractivity contribution in [3.63, 3.8) is 0 Å². The van der Waals surface area contributed by atoms with E-state index < -0.39 is 5.41 Å². The van der Waals surface area contributed by atoms with E-state index in [9.17, 15) is 4.79 Å². The zero-order valence-corrected chi connectivity index (χ0v) is 13.4. The van der Waals surface area contributed by atoms with Gasteiger partial charge in [-0.05, 0) is 51.6 Å². The Hall–Kier alpha value is -0.580. The summed E-state index contributed by atoms with van der Waals surface area (Å²) in [4.78, 5) is 13.6. The highest BCUT2D eigenvalue weighted by Gasteiger charge is 2.33. The molecule has 1 saturated heterocycles. The Balaban J connectivity index is 0.00000180. The molecule has 1 amide bonds. The highest BCUT2D eigenvalue weighted by atomic mass is 35.5. The Morgan fingerprint density at radius 3 is 2.84 bits per heavy atom. The van der Waals surface area contributed by atoms with Crippen LogP contribution in [0.2, 0.25) is 0 Å². The van der Waals surface area contributed by atoms with Gasteiger partial charge < -0.3 is 10.6 Å². The Bertz CT molecular complexity index is 406. The molecule has 0 saturated carbocycles. The maximum atomic E-state index is 12.4. The van der Waals surface area contributed by atoms with Gasteiger partial charge in [0.2, 0.25) is 5.91 Å². The van der Waals surface area contributed by atoms with Crippen LogP contribution in [-0.4, -0.2) is 24.5 Å². The highest BCUT2D eigenvalue weighted by molar-refractivity contribution is 7.10. The molecule has 2 heterocycles. The van der Waals surface area contributed by atoms with Gasteiger partial charge in [0, 0.05) is 17.0 Å². The summed E-state index contributed by atoms with van der Waals surface area (Å²) in [5.74, 6) is 0.130. The highest BCUT2D eigenvalue weighted by Crippen LogP contribution is 2.28. The van der Waals surface area contributed by atoms with Crippen molar-refractivity contribution in [2.45, 2.75) is 51.1 Å². The second-order valence-corrected chi connectivity index (χ2v) is 6.51. The summed E-state index contributed by atoms with van der Waals surface area (Å²) >= 11 is 1.64. The second kappa shape index (κ2) is 6.73. The number of hydrogen-bond donors (Lipinski definition) is 2. The van der Waals surface area contributed by atoms with Crippen LogP contribution < -0.4 is 10.6 Å². The summed E-state index contributed by atoms with van der Waals surface area (Å²) in [5, 5.41) is 8.64. The number of amides is 1. The molecule has 0 spiro atoms. The van der Waals surface area contributed by atoms with Gasteiger partial charge in [-0.2, -0.15) is 0 Å². The van der Waals surface area contributed by atoms with E-state index in [1.54, 1.807) is 11.3 Å². The molecule has 5 heteroatoms. The number of halogens is 1. The molecule has 2 atom stereocenters. The lowest BCUT2D eigenvalue weighted by Gasteiger charge is -2.33. The summed E-state index contributed by atoms with van der Waals surface area (Å²) in [6.45, 7) is 7.19. The van der Waals surface area contributed by atoms with E-state index in [2.05, 4.69) is 17.6 Å². The number of piperidine rings is 1. The van der Waals surface area contributed by atoms with E-state index in [1.807, 2.05) is 31.4 Å². The first-order valence-corrected chi connectivity index (χ1v) is 7.48. The molecule has 0 radical (unpaired) electrons. The molecule has 1 aromatic rings. The van der Waals surface area contributed by atoms with Crippen LogP contribution in [0.4, 0.5) is 0 Å². The average Bonchev–Trinajstić information content (AvgIpc) is 2.86. The molecule has 0 aliphatic carbocycles. The van der Waals surface area contributed by atoms with Crippen molar-refractivity contribution in [1.82, 2.24) is 10.6 Å². The molecule has 0 aromatic carbocycles. The molecule has 2 rings (SSSR count). The molecule has 1 aromatic heterocycles. The Morgan fingerprint density at radius 1 is 1.53 bits per heavy atom. The molecule has 0 bridgehead atoms. The van der Waals surface area contributed by atoms with Crippen molar-refractivity contribution in [1.29, 1.82) is 0 Å². The number of hydrogen-bond acceptors (Lipinski definition) is 3. The molecule has 1 aliphatic heterocycles. The van der Waals surface area contributed by atoms with Gasteiger partial charge in [-0.1, -0.05) is 6.07 Å². The molecule has 19 heavy (non-hydrogen) atoms. The van der Waals surface area contributed by atoms with Gasteiger partial charge in [0.1, 0.15) is 0 Å². The molecule has 1 fully saturated rings. The molecule has 2 N–H and O–H groups in total. The number of rotatable bonds is 3. The fourth-order valence-corrected chi connectivity index (χ4v) is 3.18. The van der Waals surface area contributed by atoms with E-state index in [1.165, 1.54) is 0 Å². The van der Waals surface area contributed by atoms with Gasteiger partial charge in [-0.15, -0.1) is 23.7 Å². The zero-order chi connectivity index (χ0) is 13.2. The van der Waals surface area contributed by atoms with Gasteiger partial charge in [0.15, 0.2) is 0 Å². The molecule has 3 nitrogen and oxygen atoms in total. The second-order valence-electron chi connectivity index (χ2n) is 5.57. The van der Waals surface area contributed by atoms with Crippen LogP contribution in [0.5, 0.6) is 0 Å². The first kappa shape index (κ1) is 16.5. The maximum Gasteiger partial charge on any atom is 0.231 e. The monoisotopic (exact) mass is 302 g/mol. The third kappa shape index (κ3) is 3.71. The average molecular weight is 303 g/mol. The van der Waals surface area contributed by atoms with E-state index >= 15 is 0 Å². The predicted molar refractivity (Wildman–Crippen MR) is 83.2 cm³/mol. The summed E-state index contributed by atoms with van der Waals surface area (Å²) in [6, 6.07) is 4.65. The van der Waals surface area contributed by atoms with Crippen molar-refractivity contribution >= 4 is 29.7 Å². The minimum Gasteiger partial charge on any atom is -0.351 e. The topological polar surface area (TPSA) is 41.1 Å². The SMILES string of the molecule is CC1NCCCC1NC(=O)C(C)(C)c1cccs1.Cl. The normalized spacial score (nSPS) is 23.5. The molecule has 1 aliphatic rings. The lowest BCUT2D eigenvalue weighted by molar-refractivity contribution is -0.126. The van der Waals surface area contributed by atoms with Gasteiger partial charge in [-0.3, -0.25) is 4.79 Å². The van der Waals surface area contributed by atoms with E-state index in [0.29, 0.717) is 6.04 Å². The van der Waals surface area contributed by atoms with Crippen LogP contribution in [0, 0.1) is 0 Å². The smallest absolute Gasteiger partial charge is 0.231 e. The third-order valence-electron chi connectivity index (χ3n) is 3.78. The van der Waals surface area contributed by atoms with Crippen molar-refractivity contribution in [2.75, 3.05) is 6.54 Å². The standard InChI is InChI=1S/C14H22N2OS.ClH/c1-10-11(6-4-8-15-10)16-13(17)14(2,3)12-7-5-9-18-12;/h5,7,9-11,15H,4,6,8H2,1-3H3,(H,16,17);1H. The molecular weight excluding hydrogens is 280 g/mol. The van der Waals surface area contributed by atoms with Crippen LogP contribution in [-0.2, 0) is 10.2 Å². The maximum absolute atomic E-state index is 12.4. The summed E-state index contributed by atoms with van der Waals surface area (Å²) in [6.07, 6.45) is 2.20. The number of thiophene rings is 1. The van der Waals surface area contributed by atoms with E-state index in [0.717, 1.165) is 24.3 Å². The predicted octanol–water partition coefficient (Wildman–Crippen LogP) is 2.70. The van der Waals surface area contributed by atoms with Crippen molar-refractivity contribution in [3.8, 4) is 0 Å². The number of carbonyl (C=O) groups excluding carboxylic acids is 1. The summed E-state index contributed by atoms with van der Waals surface area (Å²) < 4.78 is 0. The fourth-order valence-electron chi connectivity index (χ4n) is 2.34. The molecular formula is C14H23ClN2OS. The Morgan fingerprint density at radius 2 is 2.26 bits per heavy atom. The van der Waals surface area contributed by atoms with Gasteiger partial charge >= 0.3 is 0 Å². The van der Waals surface area contributed by atoms with Gasteiger partial charge in [0.05, 0.1) is 5.41 Å².